The van der Waals surface area contributed by atoms with Crippen molar-refractivity contribution in [2.24, 2.45) is 16.7 Å². The molecule has 0 bridgehead atoms. The molecule has 5 aliphatic rings. The van der Waals surface area contributed by atoms with Gasteiger partial charge >= 0.3 is 0 Å². The molecule has 4 N–H and O–H groups in total. The molecule has 6 heterocycles. The van der Waals surface area contributed by atoms with Crippen molar-refractivity contribution in [3.8, 4) is 0 Å². The quantitative estimate of drug-likeness (QED) is 0.129. The molecule has 3 aromatic heterocycles. The number of aliphatic hydroxyl groups excluding tert-OH is 2. The zero-order valence-electron chi connectivity index (χ0n) is 40.8. The average Bonchev–Trinajstić information content (AvgIpc) is 3.71. The van der Waals surface area contributed by atoms with E-state index in [0.29, 0.717) is 18.9 Å². The molecule has 0 aromatic carbocycles. The summed E-state index contributed by atoms with van der Waals surface area (Å²) in [7, 11) is 0. The Labute approximate surface area is 408 Å². The van der Waals surface area contributed by atoms with E-state index >= 15 is 0 Å². The molecule has 10 atom stereocenters. The zero-order chi connectivity index (χ0) is 48.9. The number of aliphatic hydroxyl groups is 2. The smallest absolute Gasteiger partial charge is 0.248 e. The highest BCUT2D eigenvalue weighted by molar-refractivity contribution is 7.16. The summed E-state index contributed by atoms with van der Waals surface area (Å²) in [4.78, 5) is 60.6. The first-order valence-corrected chi connectivity index (χ1v) is 25.7. The van der Waals surface area contributed by atoms with Gasteiger partial charge in [0.15, 0.2) is 0 Å². The van der Waals surface area contributed by atoms with Crippen molar-refractivity contribution in [1.82, 2.24) is 50.4 Å². The van der Waals surface area contributed by atoms with Gasteiger partial charge in [-0.25, -0.2) is 9.36 Å². The van der Waals surface area contributed by atoms with Crippen molar-refractivity contribution in [3.05, 3.63) is 45.1 Å². The Morgan fingerprint density at radius 2 is 1.43 bits per heavy atom. The molecule has 3 aliphatic heterocycles. The van der Waals surface area contributed by atoms with E-state index in [4.69, 9.17) is 21.1 Å². The number of rotatable bonds is 18. The number of amides is 4. The van der Waals surface area contributed by atoms with Crippen LogP contribution in [0.15, 0.2) is 24.5 Å². The summed E-state index contributed by atoms with van der Waals surface area (Å²) in [5, 5.41) is 45.4. The van der Waals surface area contributed by atoms with Gasteiger partial charge in [-0.3, -0.25) is 19.2 Å². The topological polar surface area (TPSA) is 219 Å². The maximum atomic E-state index is 14.5. The van der Waals surface area contributed by atoms with E-state index in [1.165, 1.54) is 14.7 Å². The minimum absolute atomic E-state index is 0.0264. The number of unbranched alkanes of at least 4 members (excludes halogenated alkanes) is 1. The van der Waals surface area contributed by atoms with Gasteiger partial charge < -0.3 is 40.1 Å². The van der Waals surface area contributed by atoms with Gasteiger partial charge in [0.25, 0.3) is 0 Å². The van der Waals surface area contributed by atoms with Crippen LogP contribution in [0.25, 0.3) is 0 Å². The molecule has 3 saturated heterocycles. The van der Waals surface area contributed by atoms with Crippen molar-refractivity contribution >= 4 is 46.6 Å². The SMILES string of the molecule is CC(C)OC1(CNC(=O)[C@@H]2C[C@@H](O)CN2C(=O)[C@@H](n2cc(C3CC3)nn2)C(C)(C)C)COC(C2CC2c2cn([C@H](C(=O)N3C[C@H](O)C[C@H]3C(=O)NCCCCc3ccc(Cl)s3)C(C)(C)C)nn2)C1. The monoisotopic (exact) mass is 982 g/mol. The van der Waals surface area contributed by atoms with E-state index in [1.807, 2.05) is 79.9 Å². The summed E-state index contributed by atoms with van der Waals surface area (Å²) in [5.41, 5.74) is -0.372. The average molecular weight is 984 g/mol. The van der Waals surface area contributed by atoms with E-state index in [-0.39, 0.29) is 86.8 Å². The molecular formula is C48H71ClN10O8S. The largest absolute Gasteiger partial charge is 0.391 e. The van der Waals surface area contributed by atoms with Crippen molar-refractivity contribution in [1.29, 1.82) is 0 Å². The molecule has 2 aliphatic carbocycles. The molecular weight excluding hydrogens is 912 g/mol. The van der Waals surface area contributed by atoms with Crippen LogP contribution in [0.1, 0.15) is 147 Å². The van der Waals surface area contributed by atoms with E-state index < -0.39 is 52.8 Å². The van der Waals surface area contributed by atoms with Crippen LogP contribution in [0.2, 0.25) is 4.34 Å². The molecule has 68 heavy (non-hydrogen) atoms. The van der Waals surface area contributed by atoms with Crippen LogP contribution in [0.5, 0.6) is 0 Å². The number of nitrogens with one attached hydrogen (secondary N) is 2. The van der Waals surface area contributed by atoms with Crippen molar-refractivity contribution in [3.63, 3.8) is 0 Å². The third kappa shape index (κ3) is 11.4. The first-order valence-electron chi connectivity index (χ1n) is 24.5. The lowest BCUT2D eigenvalue weighted by atomic mass is 9.85. The number of thiophene rings is 1. The molecule has 20 heteroatoms. The number of β-amino-alcohol motifs (C(OH)–C–C–N with tert-alkyl or cyclic N) is 2. The Bertz CT molecular complexity index is 2290. The highest BCUT2D eigenvalue weighted by Crippen LogP contribution is 2.53. The number of hydrogen-bond donors (Lipinski definition) is 4. The van der Waals surface area contributed by atoms with Gasteiger partial charge in [0.1, 0.15) is 29.8 Å². The van der Waals surface area contributed by atoms with Crippen molar-refractivity contribution in [2.75, 3.05) is 32.8 Å². The number of ether oxygens (including phenoxy) is 2. The highest BCUT2D eigenvalue weighted by atomic mass is 35.5. The maximum absolute atomic E-state index is 14.5. The van der Waals surface area contributed by atoms with Gasteiger partial charge in [-0.15, -0.1) is 21.5 Å². The van der Waals surface area contributed by atoms with Crippen molar-refractivity contribution < 1.29 is 38.9 Å². The molecule has 0 spiro atoms. The van der Waals surface area contributed by atoms with E-state index in [9.17, 15) is 29.4 Å². The molecule has 4 amide bonds. The van der Waals surface area contributed by atoms with Gasteiger partial charge in [0, 0.05) is 74.5 Å². The minimum Gasteiger partial charge on any atom is -0.391 e. The number of aromatic nitrogens is 6. The molecule has 18 nitrogen and oxygen atoms in total. The molecule has 374 valence electrons. The summed E-state index contributed by atoms with van der Waals surface area (Å²) < 4.78 is 17.0. The Kier molecular flexibility index (Phi) is 14.8. The molecule has 8 rings (SSSR count). The Morgan fingerprint density at radius 1 is 0.853 bits per heavy atom. The second-order valence-corrected chi connectivity index (χ2v) is 24.2. The molecule has 3 aromatic rings. The van der Waals surface area contributed by atoms with Gasteiger partial charge in [0.2, 0.25) is 23.6 Å². The van der Waals surface area contributed by atoms with Crippen LogP contribution in [0.4, 0.5) is 0 Å². The number of carbonyl (C=O) groups is 4. The third-order valence-corrected chi connectivity index (χ3v) is 15.4. The lowest BCUT2D eigenvalue weighted by Crippen LogP contribution is -2.54. The first kappa shape index (κ1) is 50.4. The fraction of sp³-hybridized carbons (Fsp3) is 0.750. The summed E-state index contributed by atoms with van der Waals surface area (Å²) >= 11 is 7.62. The predicted octanol–water partition coefficient (Wildman–Crippen LogP) is 4.57. The summed E-state index contributed by atoms with van der Waals surface area (Å²) in [5.74, 6) is -0.717. The van der Waals surface area contributed by atoms with Gasteiger partial charge in [-0.2, -0.15) is 0 Å². The lowest BCUT2D eigenvalue weighted by molar-refractivity contribution is -0.144. The van der Waals surface area contributed by atoms with Gasteiger partial charge in [0.05, 0.1) is 46.7 Å². The lowest BCUT2D eigenvalue weighted by Gasteiger charge is -2.35. The summed E-state index contributed by atoms with van der Waals surface area (Å²) in [6, 6.07) is 0.724. The predicted molar refractivity (Wildman–Crippen MR) is 254 cm³/mol. The normalized spacial score (nSPS) is 28.3. The Morgan fingerprint density at radius 3 is 1.97 bits per heavy atom. The fourth-order valence-electron chi connectivity index (χ4n) is 10.6. The molecule has 5 fully saturated rings. The molecule has 2 saturated carbocycles. The van der Waals surface area contributed by atoms with Crippen LogP contribution in [-0.2, 0) is 35.1 Å². The Hall–Kier alpha value is -4.01. The minimum atomic E-state index is -0.876. The van der Waals surface area contributed by atoms with Crippen LogP contribution in [0.3, 0.4) is 0 Å². The van der Waals surface area contributed by atoms with Crippen LogP contribution in [0, 0.1) is 16.7 Å². The Balaban J connectivity index is 0.879. The van der Waals surface area contributed by atoms with E-state index in [1.54, 1.807) is 20.7 Å². The first-order chi connectivity index (χ1) is 32.1. The van der Waals surface area contributed by atoms with Crippen LogP contribution < -0.4 is 10.6 Å². The third-order valence-electron chi connectivity index (χ3n) is 14.1. The van der Waals surface area contributed by atoms with Gasteiger partial charge in [-0.1, -0.05) is 63.6 Å². The summed E-state index contributed by atoms with van der Waals surface area (Å²) in [6.07, 6.45) is 7.88. The molecule has 0 radical (unpaired) electrons. The zero-order valence-corrected chi connectivity index (χ0v) is 42.3. The number of likely N-dealkylation sites (tertiary alicyclic amines) is 2. The highest BCUT2D eigenvalue weighted by Gasteiger charge is 2.54. The number of hydrogen-bond acceptors (Lipinski definition) is 13. The number of aryl methyl sites for hydroxylation is 1. The number of nitrogens with zero attached hydrogens (tertiary/aromatic N) is 8. The number of carbonyl (C=O) groups excluding carboxylic acids is 4. The second-order valence-electron chi connectivity index (χ2n) is 22.4. The second kappa shape index (κ2) is 20.0. The molecule has 4 unspecified atom stereocenters. The fourth-order valence-corrected chi connectivity index (χ4v) is 11.7. The maximum Gasteiger partial charge on any atom is 0.248 e. The van der Waals surface area contributed by atoms with E-state index in [0.717, 1.165) is 54.2 Å². The summed E-state index contributed by atoms with van der Waals surface area (Å²) in [6.45, 7) is 16.6. The van der Waals surface area contributed by atoms with E-state index in [2.05, 4.69) is 31.3 Å². The number of halogens is 1. The standard InChI is InChI=1S/C48H71ClN10O8S/c1-27(2)67-48(25-51-43(63)37-18-30(61)22-57(37)44(64)40(46(3,4)5)58-23-34(52-54-58)28-12-13-28)20-38(66-26-48)33-19-32(33)35-24-59(55-53-35)41(47(6,7)8)45(65)56-21-29(60)17-36(56)42(62)50-16-10-9-11-31-14-15-39(49)68-31/h14-15,23-24,27-30,32-33,36-38,40-41,60-61H,9-13,16-22,25-26H2,1-8H3,(H,50,62)(H,51,63)/t29-,30-,32?,33?,36+,37+,38?,40-,41-,48?/m1/s1. The van der Waals surface area contributed by atoms with Crippen molar-refractivity contribution in [2.45, 2.75) is 179 Å². The van der Waals surface area contributed by atoms with Gasteiger partial charge in [-0.05, 0) is 81.3 Å². The van der Waals surface area contributed by atoms with Crippen LogP contribution >= 0.6 is 22.9 Å². The van der Waals surface area contributed by atoms with Crippen LogP contribution in [-0.4, -0.2) is 149 Å².